The topological polar surface area (TPSA) is 48.1 Å². The molecule has 0 aliphatic rings. The smallest absolute Gasteiger partial charge is 0.166 e. The van der Waals surface area contributed by atoms with Gasteiger partial charge in [-0.05, 0) is 24.6 Å². The Balaban J connectivity index is 3.10. The SMILES string of the molecule is C=C(C)c1ccc(OC)c(N)n1. The summed E-state index contributed by atoms with van der Waals surface area (Å²) in [5.41, 5.74) is 7.28. The summed E-state index contributed by atoms with van der Waals surface area (Å²) >= 11 is 0. The van der Waals surface area contributed by atoms with Crippen molar-refractivity contribution < 1.29 is 4.74 Å². The molecule has 0 aliphatic carbocycles. The van der Waals surface area contributed by atoms with Crippen LogP contribution in [0.5, 0.6) is 5.75 Å². The van der Waals surface area contributed by atoms with Crippen LogP contribution in [0.25, 0.3) is 5.57 Å². The van der Waals surface area contributed by atoms with Crippen LogP contribution in [0, 0.1) is 0 Å². The molecule has 12 heavy (non-hydrogen) atoms. The van der Waals surface area contributed by atoms with E-state index in [1.54, 1.807) is 13.2 Å². The van der Waals surface area contributed by atoms with Gasteiger partial charge in [-0.15, -0.1) is 0 Å². The van der Waals surface area contributed by atoms with Crippen molar-refractivity contribution in [3.63, 3.8) is 0 Å². The number of hydrogen-bond acceptors (Lipinski definition) is 3. The number of hydrogen-bond donors (Lipinski definition) is 1. The molecule has 1 aromatic rings. The van der Waals surface area contributed by atoms with Gasteiger partial charge in [0.1, 0.15) is 0 Å². The second-order valence-electron chi connectivity index (χ2n) is 2.56. The Bertz CT molecular complexity index is 307. The number of allylic oxidation sites excluding steroid dienone is 1. The molecule has 0 spiro atoms. The zero-order chi connectivity index (χ0) is 9.14. The molecular formula is C9H12N2O. The maximum absolute atomic E-state index is 5.59. The average Bonchev–Trinajstić information content (AvgIpc) is 2.04. The molecule has 0 aromatic carbocycles. The second-order valence-corrected chi connectivity index (χ2v) is 2.56. The number of anilines is 1. The van der Waals surface area contributed by atoms with Crippen molar-refractivity contribution in [3.8, 4) is 5.75 Å². The molecule has 3 nitrogen and oxygen atoms in total. The zero-order valence-corrected chi connectivity index (χ0v) is 7.29. The van der Waals surface area contributed by atoms with Gasteiger partial charge in [0.2, 0.25) is 0 Å². The van der Waals surface area contributed by atoms with Gasteiger partial charge < -0.3 is 10.5 Å². The normalized spacial score (nSPS) is 9.50. The summed E-state index contributed by atoms with van der Waals surface area (Å²) in [6, 6.07) is 3.61. The van der Waals surface area contributed by atoms with Crippen LogP contribution in [0.2, 0.25) is 0 Å². The maximum Gasteiger partial charge on any atom is 0.166 e. The third kappa shape index (κ3) is 1.56. The largest absolute Gasteiger partial charge is 0.493 e. The standard InChI is InChI=1S/C9H12N2O/c1-6(2)7-4-5-8(12-3)9(10)11-7/h4-5H,1H2,2-3H3,(H2,10,11). The number of nitrogens with two attached hydrogens (primary N) is 1. The van der Waals surface area contributed by atoms with Crippen LogP contribution in [-0.2, 0) is 0 Å². The summed E-state index contributed by atoms with van der Waals surface area (Å²) in [5, 5.41) is 0. The molecule has 3 heteroatoms. The third-order valence-electron chi connectivity index (χ3n) is 1.54. The molecule has 0 fully saturated rings. The predicted octanol–water partition coefficient (Wildman–Crippen LogP) is 1.71. The molecule has 0 radical (unpaired) electrons. The number of rotatable bonds is 2. The van der Waals surface area contributed by atoms with E-state index in [4.69, 9.17) is 10.5 Å². The van der Waals surface area contributed by atoms with Gasteiger partial charge in [0.15, 0.2) is 11.6 Å². The zero-order valence-electron chi connectivity index (χ0n) is 7.29. The summed E-state index contributed by atoms with van der Waals surface area (Å²) in [6.07, 6.45) is 0. The van der Waals surface area contributed by atoms with Gasteiger partial charge in [-0.2, -0.15) is 0 Å². The Morgan fingerprint density at radius 3 is 2.67 bits per heavy atom. The summed E-state index contributed by atoms with van der Waals surface area (Å²) < 4.78 is 4.96. The molecule has 1 rings (SSSR count). The first-order valence-electron chi connectivity index (χ1n) is 3.61. The van der Waals surface area contributed by atoms with E-state index in [1.807, 2.05) is 13.0 Å². The Morgan fingerprint density at radius 1 is 1.58 bits per heavy atom. The Hall–Kier alpha value is -1.51. The minimum atomic E-state index is 0.401. The minimum Gasteiger partial charge on any atom is -0.493 e. The molecule has 0 saturated carbocycles. The number of nitrogens with zero attached hydrogens (tertiary/aromatic N) is 1. The van der Waals surface area contributed by atoms with Gasteiger partial charge in [0, 0.05) is 0 Å². The summed E-state index contributed by atoms with van der Waals surface area (Å²) in [6.45, 7) is 5.65. The number of aromatic nitrogens is 1. The molecular weight excluding hydrogens is 152 g/mol. The molecule has 1 aromatic heterocycles. The maximum atomic E-state index is 5.59. The molecule has 0 atom stereocenters. The van der Waals surface area contributed by atoms with Crippen molar-refractivity contribution in [2.75, 3.05) is 12.8 Å². The number of pyridine rings is 1. The highest BCUT2D eigenvalue weighted by Crippen LogP contribution is 2.20. The first-order chi connectivity index (χ1) is 5.65. The first-order valence-corrected chi connectivity index (χ1v) is 3.61. The summed E-state index contributed by atoms with van der Waals surface area (Å²) in [5.74, 6) is 0.998. The highest BCUT2D eigenvalue weighted by molar-refractivity contribution is 5.61. The number of ether oxygens (including phenoxy) is 1. The first kappa shape index (κ1) is 8.59. The minimum absolute atomic E-state index is 0.401. The molecule has 1 heterocycles. The van der Waals surface area contributed by atoms with E-state index in [2.05, 4.69) is 11.6 Å². The quantitative estimate of drug-likeness (QED) is 0.723. The fourth-order valence-electron chi connectivity index (χ4n) is 0.872. The average molecular weight is 164 g/mol. The van der Waals surface area contributed by atoms with Crippen LogP contribution in [0.4, 0.5) is 5.82 Å². The van der Waals surface area contributed by atoms with E-state index < -0.39 is 0 Å². The fraction of sp³-hybridized carbons (Fsp3) is 0.222. The second kappa shape index (κ2) is 3.26. The van der Waals surface area contributed by atoms with E-state index in [9.17, 15) is 0 Å². The van der Waals surface area contributed by atoms with Gasteiger partial charge >= 0.3 is 0 Å². The van der Waals surface area contributed by atoms with Gasteiger partial charge in [-0.25, -0.2) is 4.98 Å². The Morgan fingerprint density at radius 2 is 2.25 bits per heavy atom. The van der Waals surface area contributed by atoms with Crippen molar-refractivity contribution in [2.45, 2.75) is 6.92 Å². The van der Waals surface area contributed by atoms with Crippen LogP contribution < -0.4 is 10.5 Å². The lowest BCUT2D eigenvalue weighted by Gasteiger charge is -2.04. The lowest BCUT2D eigenvalue weighted by molar-refractivity contribution is 0.415. The molecule has 0 aliphatic heterocycles. The summed E-state index contributed by atoms with van der Waals surface area (Å²) in [7, 11) is 1.56. The van der Waals surface area contributed by atoms with Crippen LogP contribution in [0.1, 0.15) is 12.6 Å². The van der Waals surface area contributed by atoms with Crippen molar-refractivity contribution in [1.82, 2.24) is 4.98 Å². The summed E-state index contributed by atoms with van der Waals surface area (Å²) in [4.78, 5) is 4.10. The van der Waals surface area contributed by atoms with Crippen molar-refractivity contribution >= 4 is 11.4 Å². The fourth-order valence-corrected chi connectivity index (χ4v) is 0.872. The molecule has 64 valence electrons. The Kier molecular flexibility index (Phi) is 2.33. The van der Waals surface area contributed by atoms with Gasteiger partial charge in [0.05, 0.1) is 12.8 Å². The van der Waals surface area contributed by atoms with Crippen molar-refractivity contribution in [3.05, 3.63) is 24.4 Å². The van der Waals surface area contributed by atoms with E-state index >= 15 is 0 Å². The van der Waals surface area contributed by atoms with Crippen LogP contribution in [0.15, 0.2) is 18.7 Å². The van der Waals surface area contributed by atoms with Crippen molar-refractivity contribution in [1.29, 1.82) is 0 Å². The molecule has 0 unspecified atom stereocenters. The lowest BCUT2D eigenvalue weighted by Crippen LogP contribution is -1.97. The third-order valence-corrected chi connectivity index (χ3v) is 1.54. The van der Waals surface area contributed by atoms with Crippen LogP contribution in [-0.4, -0.2) is 12.1 Å². The van der Waals surface area contributed by atoms with E-state index in [0.29, 0.717) is 11.6 Å². The predicted molar refractivity (Wildman–Crippen MR) is 49.9 cm³/mol. The van der Waals surface area contributed by atoms with E-state index in [-0.39, 0.29) is 0 Å². The van der Waals surface area contributed by atoms with Crippen LogP contribution in [0.3, 0.4) is 0 Å². The van der Waals surface area contributed by atoms with Gasteiger partial charge in [-0.1, -0.05) is 6.58 Å². The molecule has 0 amide bonds. The monoisotopic (exact) mass is 164 g/mol. The lowest BCUT2D eigenvalue weighted by atomic mass is 10.2. The molecule has 0 bridgehead atoms. The van der Waals surface area contributed by atoms with Gasteiger partial charge in [-0.3, -0.25) is 0 Å². The number of nitrogen functional groups attached to an aromatic ring is 1. The van der Waals surface area contributed by atoms with E-state index in [0.717, 1.165) is 11.3 Å². The van der Waals surface area contributed by atoms with Crippen LogP contribution >= 0.6 is 0 Å². The number of methoxy groups -OCH3 is 1. The van der Waals surface area contributed by atoms with E-state index in [1.165, 1.54) is 0 Å². The molecule has 2 N–H and O–H groups in total. The molecule has 0 saturated heterocycles. The Labute approximate surface area is 71.9 Å². The van der Waals surface area contributed by atoms with Gasteiger partial charge in [0.25, 0.3) is 0 Å². The highest BCUT2D eigenvalue weighted by atomic mass is 16.5. The van der Waals surface area contributed by atoms with Crippen molar-refractivity contribution in [2.24, 2.45) is 0 Å². The highest BCUT2D eigenvalue weighted by Gasteiger charge is 2.01.